The number of hydrogen-bond acceptors (Lipinski definition) is 3. The van der Waals surface area contributed by atoms with E-state index in [1.165, 1.54) is 54.6 Å². The van der Waals surface area contributed by atoms with Crippen LogP contribution in [0, 0.1) is 0 Å². The summed E-state index contributed by atoms with van der Waals surface area (Å²) in [5.41, 5.74) is 12.8. The fraction of sp³-hybridized carbons (Fsp3) is 0.571. The van der Waals surface area contributed by atoms with Gasteiger partial charge in [-0.25, -0.2) is 0 Å². The van der Waals surface area contributed by atoms with Crippen LogP contribution in [0.15, 0.2) is 36.7 Å². The lowest BCUT2D eigenvalue weighted by Crippen LogP contribution is -2.24. The van der Waals surface area contributed by atoms with Gasteiger partial charge in [-0.15, -0.1) is 0 Å². The Morgan fingerprint density at radius 2 is 1.62 bits per heavy atom. The number of amidine groups is 1. The molecule has 0 radical (unpaired) electrons. The summed E-state index contributed by atoms with van der Waals surface area (Å²) in [6.07, 6.45) is 8.01. The second-order valence-corrected chi connectivity index (χ2v) is 9.42. The zero-order valence-corrected chi connectivity index (χ0v) is 21.7. The van der Waals surface area contributed by atoms with Crippen molar-refractivity contribution in [2.45, 2.75) is 78.7 Å². The lowest BCUT2D eigenvalue weighted by atomic mass is 9.86. The molecule has 1 atom stereocenters. The normalized spacial score (nSPS) is 18.1. The maximum Gasteiger partial charge on any atom is 0.277 e. The fourth-order valence-corrected chi connectivity index (χ4v) is 4.52. The third kappa shape index (κ3) is 5.98. The van der Waals surface area contributed by atoms with Crippen molar-refractivity contribution in [3.05, 3.63) is 64.5 Å². The van der Waals surface area contributed by atoms with Crippen molar-refractivity contribution in [2.24, 2.45) is 5.73 Å². The predicted molar refractivity (Wildman–Crippen MR) is 138 cm³/mol. The van der Waals surface area contributed by atoms with E-state index in [0.29, 0.717) is 11.8 Å². The lowest BCUT2D eigenvalue weighted by Gasteiger charge is -2.21. The van der Waals surface area contributed by atoms with Gasteiger partial charge in [0, 0.05) is 23.5 Å². The van der Waals surface area contributed by atoms with Gasteiger partial charge in [-0.2, -0.15) is 0 Å². The molecule has 1 unspecified atom stereocenters. The van der Waals surface area contributed by atoms with Crippen LogP contribution in [-0.2, 0) is 0 Å². The zero-order chi connectivity index (χ0) is 23.8. The number of hydrogen-bond donors (Lipinski definition) is 1. The third-order valence-electron chi connectivity index (χ3n) is 6.47. The van der Waals surface area contributed by atoms with Crippen LogP contribution in [0.5, 0.6) is 0 Å². The number of nitrogens with zero attached hydrogens (tertiary/aromatic N) is 3. The number of pyridine rings is 1. The van der Waals surface area contributed by atoms with E-state index in [4.69, 9.17) is 5.73 Å². The molecular formula is C28H45N4+. The van der Waals surface area contributed by atoms with Crippen LogP contribution in [0.2, 0.25) is 0 Å². The number of aromatic nitrogens is 1. The maximum absolute atomic E-state index is 6.32. The summed E-state index contributed by atoms with van der Waals surface area (Å²) in [4.78, 5) is 6.63. The highest BCUT2D eigenvalue weighted by Crippen LogP contribution is 2.37. The van der Waals surface area contributed by atoms with Crippen molar-refractivity contribution < 1.29 is 4.58 Å². The summed E-state index contributed by atoms with van der Waals surface area (Å²) >= 11 is 0. The first-order valence-electron chi connectivity index (χ1n) is 12.4. The van der Waals surface area contributed by atoms with Gasteiger partial charge in [0.25, 0.3) is 5.84 Å². The SMILES string of the molecule is CC.CC(C)c1ccc(C2c3ccncc3C(N)=[N+]2C)c(C(C)C)c1.CN1CCCCC1. The van der Waals surface area contributed by atoms with Gasteiger partial charge in [0.05, 0.1) is 12.6 Å². The van der Waals surface area contributed by atoms with Crippen LogP contribution in [0.25, 0.3) is 0 Å². The van der Waals surface area contributed by atoms with Gasteiger partial charge in [-0.05, 0) is 62.0 Å². The van der Waals surface area contributed by atoms with Gasteiger partial charge >= 0.3 is 0 Å². The number of rotatable bonds is 3. The van der Waals surface area contributed by atoms with E-state index in [9.17, 15) is 0 Å². The van der Waals surface area contributed by atoms with E-state index >= 15 is 0 Å². The molecule has 176 valence electrons. The first kappa shape index (κ1) is 26.1. The smallest absolute Gasteiger partial charge is 0.277 e. The van der Waals surface area contributed by atoms with Crippen molar-refractivity contribution in [1.29, 1.82) is 0 Å². The molecule has 2 aliphatic rings. The molecule has 32 heavy (non-hydrogen) atoms. The average molecular weight is 438 g/mol. The molecule has 2 N–H and O–H groups in total. The Labute approximate surface area is 196 Å². The van der Waals surface area contributed by atoms with Crippen LogP contribution in [0.3, 0.4) is 0 Å². The van der Waals surface area contributed by atoms with E-state index in [2.05, 4.69) is 80.5 Å². The second-order valence-electron chi connectivity index (χ2n) is 9.42. The Kier molecular flexibility index (Phi) is 9.89. The summed E-state index contributed by atoms with van der Waals surface area (Å²) < 4.78 is 2.17. The number of nitrogens with two attached hydrogens (primary N) is 1. The maximum atomic E-state index is 6.32. The van der Waals surface area contributed by atoms with Crippen LogP contribution in [0.1, 0.15) is 106 Å². The molecule has 0 amide bonds. The summed E-state index contributed by atoms with van der Waals surface area (Å²) in [5.74, 6) is 1.82. The number of benzene rings is 1. The second kappa shape index (κ2) is 12.2. The first-order valence-corrected chi connectivity index (χ1v) is 12.4. The standard InChI is InChI=1S/C20H25N3.C6H13N.C2H6/c1-12(2)14-6-7-15(17(10-14)13(3)4)19-16-8-9-22-11-18(16)20(21)23(19)5;1-7-5-3-2-4-6-7;1-2/h6-13,19,21H,1-5H3;2-6H2,1H3;1-2H3/p+1. The highest BCUT2D eigenvalue weighted by atomic mass is 15.1. The van der Waals surface area contributed by atoms with Gasteiger partial charge in [0.15, 0.2) is 0 Å². The summed E-state index contributed by atoms with van der Waals surface area (Å²) in [7, 11) is 4.26. The zero-order valence-electron chi connectivity index (χ0n) is 21.7. The molecule has 1 fully saturated rings. The Hall–Kier alpha value is -2.20. The molecule has 2 aromatic rings. The van der Waals surface area contributed by atoms with Gasteiger partial charge in [-0.1, -0.05) is 66.2 Å². The topological polar surface area (TPSA) is 45.2 Å². The Morgan fingerprint density at radius 1 is 0.969 bits per heavy atom. The van der Waals surface area contributed by atoms with Crippen LogP contribution < -0.4 is 5.73 Å². The molecule has 1 aromatic carbocycles. The molecule has 3 heterocycles. The Morgan fingerprint density at radius 3 is 2.16 bits per heavy atom. The van der Waals surface area contributed by atoms with Crippen molar-refractivity contribution in [3.63, 3.8) is 0 Å². The lowest BCUT2D eigenvalue weighted by molar-refractivity contribution is -0.529. The predicted octanol–water partition coefficient (Wildman–Crippen LogP) is 5.91. The molecule has 1 saturated heterocycles. The monoisotopic (exact) mass is 437 g/mol. The van der Waals surface area contributed by atoms with Crippen LogP contribution in [-0.4, -0.2) is 47.5 Å². The molecule has 1 aromatic heterocycles. The van der Waals surface area contributed by atoms with E-state index < -0.39 is 0 Å². The molecule has 0 bridgehead atoms. The van der Waals surface area contributed by atoms with Gasteiger partial charge < -0.3 is 4.90 Å². The van der Waals surface area contributed by atoms with E-state index in [1.54, 1.807) is 0 Å². The van der Waals surface area contributed by atoms with Crippen molar-refractivity contribution >= 4 is 5.84 Å². The molecule has 2 aliphatic heterocycles. The minimum Gasteiger partial charge on any atom is -0.306 e. The Bertz CT molecular complexity index is 892. The summed E-state index contributed by atoms with van der Waals surface area (Å²) in [6, 6.07) is 9.18. The quantitative estimate of drug-likeness (QED) is 0.607. The molecule has 4 rings (SSSR count). The van der Waals surface area contributed by atoms with Crippen LogP contribution >= 0.6 is 0 Å². The first-order chi connectivity index (χ1) is 15.3. The van der Waals surface area contributed by atoms with Gasteiger partial charge in [0.1, 0.15) is 6.04 Å². The molecule has 0 spiro atoms. The number of fused-ring (bicyclic) bond motifs is 1. The average Bonchev–Trinajstić information content (AvgIpc) is 3.06. The molecular weight excluding hydrogens is 392 g/mol. The number of piperidine rings is 1. The molecule has 4 heteroatoms. The minimum atomic E-state index is 0.173. The largest absolute Gasteiger partial charge is 0.306 e. The Balaban J connectivity index is 0.000000340. The fourth-order valence-electron chi connectivity index (χ4n) is 4.52. The third-order valence-corrected chi connectivity index (χ3v) is 6.47. The van der Waals surface area contributed by atoms with Crippen molar-refractivity contribution in [1.82, 2.24) is 9.88 Å². The van der Waals surface area contributed by atoms with Gasteiger partial charge in [0.2, 0.25) is 0 Å². The van der Waals surface area contributed by atoms with Gasteiger partial charge in [-0.3, -0.25) is 15.3 Å². The minimum absolute atomic E-state index is 0.173. The highest BCUT2D eigenvalue weighted by Gasteiger charge is 2.35. The summed E-state index contributed by atoms with van der Waals surface area (Å²) in [5, 5.41) is 0. The van der Waals surface area contributed by atoms with Crippen molar-refractivity contribution in [3.8, 4) is 0 Å². The van der Waals surface area contributed by atoms with Crippen molar-refractivity contribution in [2.75, 3.05) is 27.2 Å². The van der Waals surface area contributed by atoms with E-state index in [1.807, 2.05) is 26.2 Å². The summed E-state index contributed by atoms with van der Waals surface area (Å²) in [6.45, 7) is 15.7. The molecule has 0 aliphatic carbocycles. The number of likely N-dealkylation sites (tertiary alicyclic amines) is 1. The van der Waals surface area contributed by atoms with E-state index in [-0.39, 0.29) is 6.04 Å². The van der Waals surface area contributed by atoms with Crippen LogP contribution in [0.4, 0.5) is 0 Å². The molecule has 0 saturated carbocycles. The highest BCUT2D eigenvalue weighted by molar-refractivity contribution is 5.96. The van der Waals surface area contributed by atoms with E-state index in [0.717, 1.165) is 11.4 Å². The molecule has 4 nitrogen and oxygen atoms in total.